The van der Waals surface area contributed by atoms with E-state index < -0.39 is 0 Å². The SMILES string of the molecule is Cc1cc(C)cc(OCc2ccc(/C=C/C(=O)c3cccs3)o2)c1. The predicted molar refractivity (Wildman–Crippen MR) is 96.6 cm³/mol. The number of rotatable bonds is 6. The smallest absolute Gasteiger partial charge is 0.195 e. The van der Waals surface area contributed by atoms with Crippen molar-refractivity contribution < 1.29 is 13.9 Å². The van der Waals surface area contributed by atoms with E-state index in [1.165, 1.54) is 28.5 Å². The Morgan fingerprint density at radius 1 is 1.17 bits per heavy atom. The molecule has 3 nitrogen and oxygen atoms in total. The summed E-state index contributed by atoms with van der Waals surface area (Å²) >= 11 is 1.43. The lowest BCUT2D eigenvalue weighted by Gasteiger charge is -2.06. The second-order valence-electron chi connectivity index (χ2n) is 5.59. The predicted octanol–water partition coefficient (Wildman–Crippen LogP) is 5.43. The highest BCUT2D eigenvalue weighted by Gasteiger charge is 2.05. The van der Waals surface area contributed by atoms with E-state index in [9.17, 15) is 4.79 Å². The van der Waals surface area contributed by atoms with E-state index in [-0.39, 0.29) is 5.78 Å². The highest BCUT2D eigenvalue weighted by Crippen LogP contribution is 2.19. The summed E-state index contributed by atoms with van der Waals surface area (Å²) in [5.74, 6) is 2.17. The number of carbonyl (C=O) groups excluding carboxylic acids is 1. The molecule has 4 heteroatoms. The van der Waals surface area contributed by atoms with Crippen LogP contribution >= 0.6 is 11.3 Å². The van der Waals surface area contributed by atoms with Crippen LogP contribution in [0.5, 0.6) is 5.75 Å². The minimum atomic E-state index is -0.0190. The van der Waals surface area contributed by atoms with Crippen LogP contribution in [0.15, 0.2) is 58.3 Å². The average Bonchev–Trinajstić information content (AvgIpc) is 3.21. The molecule has 0 aliphatic carbocycles. The van der Waals surface area contributed by atoms with Gasteiger partial charge in [0.2, 0.25) is 0 Å². The van der Waals surface area contributed by atoms with Gasteiger partial charge in [-0.05, 0) is 72.8 Å². The number of furan rings is 1. The molecule has 0 saturated heterocycles. The van der Waals surface area contributed by atoms with Crippen LogP contribution in [0.1, 0.15) is 32.3 Å². The van der Waals surface area contributed by atoms with Crippen molar-refractivity contribution in [3.8, 4) is 5.75 Å². The fourth-order valence-electron chi connectivity index (χ4n) is 2.39. The van der Waals surface area contributed by atoms with Crippen molar-refractivity contribution in [2.45, 2.75) is 20.5 Å². The van der Waals surface area contributed by atoms with Gasteiger partial charge in [-0.2, -0.15) is 0 Å². The molecule has 0 unspecified atom stereocenters. The quantitative estimate of drug-likeness (QED) is 0.444. The molecule has 0 radical (unpaired) electrons. The number of hydrogen-bond donors (Lipinski definition) is 0. The van der Waals surface area contributed by atoms with Gasteiger partial charge in [-0.3, -0.25) is 4.79 Å². The third-order valence-electron chi connectivity index (χ3n) is 3.42. The normalized spacial score (nSPS) is 11.1. The highest BCUT2D eigenvalue weighted by atomic mass is 32.1. The second kappa shape index (κ2) is 7.32. The summed E-state index contributed by atoms with van der Waals surface area (Å²) in [5.41, 5.74) is 2.33. The van der Waals surface area contributed by atoms with Crippen LogP contribution in [-0.4, -0.2) is 5.78 Å². The zero-order chi connectivity index (χ0) is 16.9. The maximum Gasteiger partial charge on any atom is 0.195 e. The summed E-state index contributed by atoms with van der Waals surface area (Å²) in [6.45, 7) is 4.44. The molecule has 2 heterocycles. The molecule has 0 atom stereocenters. The molecule has 0 saturated carbocycles. The molecule has 24 heavy (non-hydrogen) atoms. The van der Waals surface area contributed by atoms with Crippen LogP contribution in [0.2, 0.25) is 0 Å². The molecule has 0 spiro atoms. The van der Waals surface area contributed by atoms with Gasteiger partial charge in [0, 0.05) is 0 Å². The van der Waals surface area contributed by atoms with E-state index in [1.807, 2.05) is 55.6 Å². The van der Waals surface area contributed by atoms with Gasteiger partial charge in [0.05, 0.1) is 4.88 Å². The topological polar surface area (TPSA) is 39.4 Å². The lowest BCUT2D eigenvalue weighted by molar-refractivity contribution is 0.105. The van der Waals surface area contributed by atoms with E-state index in [4.69, 9.17) is 9.15 Å². The minimum Gasteiger partial charge on any atom is -0.486 e. The molecule has 0 N–H and O–H groups in total. The lowest BCUT2D eigenvalue weighted by atomic mass is 10.1. The van der Waals surface area contributed by atoms with Crippen molar-refractivity contribution in [1.82, 2.24) is 0 Å². The van der Waals surface area contributed by atoms with Gasteiger partial charge in [0.25, 0.3) is 0 Å². The Kier molecular flexibility index (Phi) is 4.96. The number of allylic oxidation sites excluding steroid dienone is 1. The standard InChI is InChI=1S/C20H18O3S/c1-14-10-15(2)12-18(11-14)22-13-17-6-5-16(23-17)7-8-19(21)20-4-3-9-24-20/h3-12H,13H2,1-2H3/b8-7+. The Morgan fingerprint density at radius 3 is 2.67 bits per heavy atom. The minimum absolute atomic E-state index is 0.0190. The van der Waals surface area contributed by atoms with Crippen LogP contribution in [-0.2, 0) is 6.61 Å². The van der Waals surface area contributed by atoms with Crippen molar-refractivity contribution in [3.05, 3.63) is 81.4 Å². The number of carbonyl (C=O) groups is 1. The summed E-state index contributed by atoms with van der Waals surface area (Å²) in [6.07, 6.45) is 3.21. The summed E-state index contributed by atoms with van der Waals surface area (Å²) in [5, 5.41) is 1.89. The molecule has 0 amide bonds. The Bertz CT molecular complexity index is 837. The largest absolute Gasteiger partial charge is 0.486 e. The Balaban J connectivity index is 1.60. The third-order valence-corrected chi connectivity index (χ3v) is 4.31. The molecular formula is C20H18O3S. The first-order valence-electron chi connectivity index (χ1n) is 7.66. The molecule has 0 aliphatic heterocycles. The third kappa shape index (κ3) is 4.24. The number of benzene rings is 1. The van der Waals surface area contributed by atoms with Gasteiger partial charge in [-0.15, -0.1) is 11.3 Å². The van der Waals surface area contributed by atoms with Gasteiger partial charge in [0.1, 0.15) is 23.9 Å². The van der Waals surface area contributed by atoms with Crippen molar-refractivity contribution >= 4 is 23.2 Å². The zero-order valence-electron chi connectivity index (χ0n) is 13.6. The number of ether oxygens (including phenoxy) is 1. The Morgan fingerprint density at radius 2 is 1.96 bits per heavy atom. The molecule has 0 bridgehead atoms. The summed E-state index contributed by atoms with van der Waals surface area (Å²) in [6, 6.07) is 13.5. The molecule has 2 aromatic heterocycles. The van der Waals surface area contributed by atoms with E-state index in [2.05, 4.69) is 6.07 Å². The number of hydrogen-bond acceptors (Lipinski definition) is 4. The van der Waals surface area contributed by atoms with Crippen LogP contribution in [0, 0.1) is 13.8 Å². The molecule has 0 fully saturated rings. The van der Waals surface area contributed by atoms with E-state index in [0.29, 0.717) is 12.4 Å². The van der Waals surface area contributed by atoms with Gasteiger partial charge in [-0.25, -0.2) is 0 Å². The first-order chi connectivity index (χ1) is 11.6. The number of aryl methyl sites for hydroxylation is 2. The van der Waals surface area contributed by atoms with Crippen molar-refractivity contribution in [1.29, 1.82) is 0 Å². The van der Waals surface area contributed by atoms with Crippen LogP contribution in [0.25, 0.3) is 6.08 Å². The van der Waals surface area contributed by atoms with Crippen LogP contribution in [0.4, 0.5) is 0 Å². The summed E-state index contributed by atoms with van der Waals surface area (Å²) in [7, 11) is 0. The maximum atomic E-state index is 11.9. The Labute approximate surface area is 145 Å². The molecule has 1 aromatic carbocycles. The van der Waals surface area contributed by atoms with E-state index in [1.54, 1.807) is 6.08 Å². The van der Waals surface area contributed by atoms with Crippen molar-refractivity contribution in [3.63, 3.8) is 0 Å². The lowest BCUT2D eigenvalue weighted by Crippen LogP contribution is -1.94. The fourth-order valence-corrected chi connectivity index (χ4v) is 3.04. The van der Waals surface area contributed by atoms with Crippen LogP contribution in [0.3, 0.4) is 0 Å². The molecular weight excluding hydrogens is 320 g/mol. The van der Waals surface area contributed by atoms with Crippen molar-refractivity contribution in [2.24, 2.45) is 0 Å². The molecule has 3 aromatic rings. The van der Waals surface area contributed by atoms with E-state index in [0.717, 1.165) is 16.4 Å². The number of thiophene rings is 1. The van der Waals surface area contributed by atoms with Gasteiger partial charge >= 0.3 is 0 Å². The monoisotopic (exact) mass is 338 g/mol. The Hall–Kier alpha value is -2.59. The summed E-state index contributed by atoms with van der Waals surface area (Å²) in [4.78, 5) is 12.6. The second-order valence-corrected chi connectivity index (χ2v) is 6.54. The van der Waals surface area contributed by atoms with Gasteiger partial charge in [-0.1, -0.05) is 12.1 Å². The first kappa shape index (κ1) is 16.3. The van der Waals surface area contributed by atoms with Crippen LogP contribution < -0.4 is 4.74 Å². The average molecular weight is 338 g/mol. The fraction of sp³-hybridized carbons (Fsp3) is 0.150. The number of ketones is 1. The first-order valence-corrected chi connectivity index (χ1v) is 8.54. The summed E-state index contributed by atoms with van der Waals surface area (Å²) < 4.78 is 11.4. The van der Waals surface area contributed by atoms with Gasteiger partial charge in [0.15, 0.2) is 5.78 Å². The van der Waals surface area contributed by atoms with Gasteiger partial charge < -0.3 is 9.15 Å². The zero-order valence-corrected chi connectivity index (χ0v) is 14.4. The molecule has 3 rings (SSSR count). The van der Waals surface area contributed by atoms with E-state index >= 15 is 0 Å². The molecule has 122 valence electrons. The maximum absolute atomic E-state index is 11.9. The molecule has 0 aliphatic rings. The van der Waals surface area contributed by atoms with Crippen molar-refractivity contribution in [2.75, 3.05) is 0 Å². The highest BCUT2D eigenvalue weighted by molar-refractivity contribution is 7.12.